The van der Waals surface area contributed by atoms with Crippen LogP contribution in [-0.4, -0.2) is 25.6 Å². The van der Waals surface area contributed by atoms with Crippen LogP contribution in [0.5, 0.6) is 0 Å². The van der Waals surface area contributed by atoms with Crippen LogP contribution in [0.3, 0.4) is 0 Å². The third kappa shape index (κ3) is 3.93. The molecule has 90 valence electrons. The molecule has 1 N–H and O–H groups in total. The number of hydrogen-bond donors (Lipinski definition) is 1. The fourth-order valence-corrected chi connectivity index (χ4v) is 4.16. The number of alkyl halides is 1. The lowest BCUT2D eigenvalue weighted by Crippen LogP contribution is -2.40. The highest BCUT2D eigenvalue weighted by Crippen LogP contribution is 2.24. The van der Waals surface area contributed by atoms with Gasteiger partial charge in [0.1, 0.15) is 0 Å². The molecule has 1 rings (SSSR count). The Morgan fingerprint density at radius 2 is 2.00 bits per heavy atom. The minimum absolute atomic E-state index is 0.00750. The number of halogens is 1. The van der Waals surface area contributed by atoms with Crippen LogP contribution >= 0.6 is 11.6 Å². The average molecular weight is 254 g/mol. The molecule has 1 atom stereocenters. The molecule has 1 fully saturated rings. The van der Waals surface area contributed by atoms with Gasteiger partial charge < -0.3 is 0 Å². The van der Waals surface area contributed by atoms with E-state index in [2.05, 4.69) is 4.72 Å². The molecule has 1 saturated carbocycles. The van der Waals surface area contributed by atoms with Crippen molar-refractivity contribution in [2.75, 3.05) is 5.88 Å². The van der Waals surface area contributed by atoms with Crippen molar-refractivity contribution < 1.29 is 8.42 Å². The van der Waals surface area contributed by atoms with Crippen LogP contribution in [-0.2, 0) is 10.0 Å². The fraction of sp³-hybridized carbons (Fsp3) is 1.00. The largest absolute Gasteiger partial charge is 0.214 e. The highest BCUT2D eigenvalue weighted by molar-refractivity contribution is 7.90. The van der Waals surface area contributed by atoms with Crippen LogP contribution < -0.4 is 4.72 Å². The number of sulfonamides is 1. The summed E-state index contributed by atoms with van der Waals surface area (Å²) in [7, 11) is -3.10. The van der Waals surface area contributed by atoms with Gasteiger partial charge in [0, 0.05) is 11.9 Å². The Balaban J connectivity index is 2.53. The molecule has 0 aromatic heterocycles. The van der Waals surface area contributed by atoms with Gasteiger partial charge in [0.15, 0.2) is 0 Å². The van der Waals surface area contributed by atoms with E-state index in [1.54, 1.807) is 0 Å². The predicted molar refractivity (Wildman–Crippen MR) is 63.7 cm³/mol. The van der Waals surface area contributed by atoms with E-state index in [9.17, 15) is 8.42 Å². The van der Waals surface area contributed by atoms with E-state index in [0.717, 1.165) is 32.1 Å². The second-order valence-corrected chi connectivity index (χ2v) is 6.52. The van der Waals surface area contributed by atoms with Crippen molar-refractivity contribution in [2.45, 2.75) is 56.7 Å². The molecule has 0 amide bonds. The van der Waals surface area contributed by atoms with Gasteiger partial charge in [0.05, 0.1) is 5.25 Å². The highest BCUT2D eigenvalue weighted by Gasteiger charge is 2.29. The second kappa shape index (κ2) is 6.06. The zero-order valence-electron chi connectivity index (χ0n) is 9.21. The summed E-state index contributed by atoms with van der Waals surface area (Å²) in [6, 6.07) is 0.00750. The Bertz CT molecular complexity index is 273. The van der Waals surface area contributed by atoms with Crippen LogP contribution in [0.1, 0.15) is 45.4 Å². The first-order valence-corrected chi connectivity index (χ1v) is 7.75. The van der Waals surface area contributed by atoms with Crippen molar-refractivity contribution in [2.24, 2.45) is 0 Å². The Kier molecular flexibility index (Phi) is 5.36. The molecular formula is C10H20ClNO2S. The summed E-state index contributed by atoms with van der Waals surface area (Å²) in [6.07, 6.45) is 5.22. The minimum Gasteiger partial charge on any atom is -0.212 e. The van der Waals surface area contributed by atoms with Crippen molar-refractivity contribution >= 4 is 21.6 Å². The third-order valence-electron chi connectivity index (χ3n) is 3.02. The fourth-order valence-electron chi connectivity index (χ4n) is 2.01. The van der Waals surface area contributed by atoms with E-state index >= 15 is 0 Å². The third-order valence-corrected chi connectivity index (χ3v) is 5.25. The molecule has 1 unspecified atom stereocenters. The summed E-state index contributed by atoms with van der Waals surface area (Å²) in [5.41, 5.74) is 0. The Morgan fingerprint density at radius 1 is 1.40 bits per heavy atom. The van der Waals surface area contributed by atoms with Gasteiger partial charge in [-0.25, -0.2) is 13.1 Å². The maximum Gasteiger partial charge on any atom is 0.214 e. The van der Waals surface area contributed by atoms with Crippen LogP contribution in [0.2, 0.25) is 0 Å². The molecule has 5 heteroatoms. The van der Waals surface area contributed by atoms with E-state index in [1.165, 1.54) is 0 Å². The second-order valence-electron chi connectivity index (χ2n) is 4.15. The van der Waals surface area contributed by atoms with E-state index in [1.807, 2.05) is 6.92 Å². The van der Waals surface area contributed by atoms with Crippen LogP contribution in [0.25, 0.3) is 0 Å². The molecule has 0 aliphatic heterocycles. The van der Waals surface area contributed by atoms with Crippen LogP contribution in [0.15, 0.2) is 0 Å². The maximum absolute atomic E-state index is 11.9. The van der Waals surface area contributed by atoms with Gasteiger partial charge in [-0.15, -0.1) is 11.6 Å². The average Bonchev–Trinajstić information content (AvgIpc) is 2.70. The first-order chi connectivity index (χ1) is 7.10. The number of hydrogen-bond acceptors (Lipinski definition) is 2. The first-order valence-electron chi connectivity index (χ1n) is 5.67. The lowest BCUT2D eigenvalue weighted by Gasteiger charge is -2.19. The summed E-state index contributed by atoms with van der Waals surface area (Å²) < 4.78 is 26.6. The molecule has 0 aromatic carbocycles. The van der Waals surface area contributed by atoms with Crippen molar-refractivity contribution in [1.29, 1.82) is 0 Å². The van der Waals surface area contributed by atoms with Gasteiger partial charge in [0.25, 0.3) is 0 Å². The molecule has 3 nitrogen and oxygen atoms in total. The Labute approximate surface area is 97.6 Å². The van der Waals surface area contributed by atoms with Crippen molar-refractivity contribution in [3.63, 3.8) is 0 Å². The summed E-state index contributed by atoms with van der Waals surface area (Å²) >= 11 is 5.63. The summed E-state index contributed by atoms with van der Waals surface area (Å²) in [4.78, 5) is 0. The summed E-state index contributed by atoms with van der Waals surface area (Å²) in [5, 5.41) is -0.165. The standard InChI is InChI=1S/C10H20ClNO2S/c1-2-9(7-8-11)12-15(13,14)10-5-3-4-6-10/h9-10,12H,2-8H2,1H3. The van der Waals surface area contributed by atoms with Crippen LogP contribution in [0.4, 0.5) is 0 Å². The van der Waals surface area contributed by atoms with E-state index in [4.69, 9.17) is 11.6 Å². The number of nitrogens with one attached hydrogen (secondary N) is 1. The van der Waals surface area contributed by atoms with Crippen molar-refractivity contribution in [3.8, 4) is 0 Å². The molecule has 0 saturated heterocycles. The maximum atomic E-state index is 11.9. The smallest absolute Gasteiger partial charge is 0.212 e. The van der Waals surface area contributed by atoms with Gasteiger partial charge >= 0.3 is 0 Å². The zero-order chi connectivity index (χ0) is 11.3. The topological polar surface area (TPSA) is 46.2 Å². The summed E-state index contributed by atoms with van der Waals surface area (Å²) in [5.74, 6) is 0.506. The molecule has 1 aliphatic carbocycles. The molecule has 0 radical (unpaired) electrons. The SMILES string of the molecule is CCC(CCCl)NS(=O)(=O)C1CCCC1. The van der Waals surface area contributed by atoms with Crippen molar-refractivity contribution in [3.05, 3.63) is 0 Å². The summed E-state index contributed by atoms with van der Waals surface area (Å²) in [6.45, 7) is 1.98. The quantitative estimate of drug-likeness (QED) is 0.738. The minimum atomic E-state index is -3.10. The monoisotopic (exact) mass is 253 g/mol. The lowest BCUT2D eigenvalue weighted by molar-refractivity contribution is 0.520. The molecule has 0 heterocycles. The van der Waals surface area contributed by atoms with E-state index in [0.29, 0.717) is 12.3 Å². The zero-order valence-corrected chi connectivity index (χ0v) is 10.8. The Morgan fingerprint density at radius 3 is 2.47 bits per heavy atom. The molecule has 15 heavy (non-hydrogen) atoms. The molecular weight excluding hydrogens is 234 g/mol. The Hall–Kier alpha value is 0.200. The molecule has 0 spiro atoms. The predicted octanol–water partition coefficient (Wildman–Crippen LogP) is 2.26. The van der Waals surface area contributed by atoms with Crippen molar-refractivity contribution in [1.82, 2.24) is 4.72 Å². The highest BCUT2D eigenvalue weighted by atomic mass is 35.5. The molecule has 0 aromatic rings. The van der Waals surface area contributed by atoms with Gasteiger partial charge in [-0.1, -0.05) is 19.8 Å². The lowest BCUT2D eigenvalue weighted by atomic mass is 10.2. The normalized spacial score (nSPS) is 20.7. The van der Waals surface area contributed by atoms with Gasteiger partial charge in [-0.05, 0) is 25.7 Å². The van der Waals surface area contributed by atoms with Crippen LogP contribution in [0, 0.1) is 0 Å². The van der Waals surface area contributed by atoms with Gasteiger partial charge in [0.2, 0.25) is 10.0 Å². The van der Waals surface area contributed by atoms with Gasteiger partial charge in [-0.3, -0.25) is 0 Å². The molecule has 1 aliphatic rings. The van der Waals surface area contributed by atoms with E-state index < -0.39 is 10.0 Å². The van der Waals surface area contributed by atoms with E-state index in [-0.39, 0.29) is 11.3 Å². The molecule has 0 bridgehead atoms. The van der Waals surface area contributed by atoms with Gasteiger partial charge in [-0.2, -0.15) is 0 Å². The number of rotatable bonds is 6. The first kappa shape index (κ1) is 13.3.